The quantitative estimate of drug-likeness (QED) is 0.822. The third-order valence-electron chi connectivity index (χ3n) is 2.70. The van der Waals surface area contributed by atoms with E-state index in [4.69, 9.17) is 0 Å². The Morgan fingerprint density at radius 2 is 2.00 bits per heavy atom. The summed E-state index contributed by atoms with van der Waals surface area (Å²) in [7, 11) is 1.93. The average molecular weight is 234 g/mol. The van der Waals surface area contributed by atoms with Crippen molar-refractivity contribution >= 4 is 11.6 Å². The van der Waals surface area contributed by atoms with Crippen LogP contribution in [0.5, 0.6) is 0 Å². The van der Waals surface area contributed by atoms with Crippen molar-refractivity contribution in [3.05, 3.63) is 29.8 Å². The van der Waals surface area contributed by atoms with Gasteiger partial charge in [-0.05, 0) is 37.6 Å². The lowest BCUT2D eigenvalue weighted by atomic mass is 10.1. The van der Waals surface area contributed by atoms with Crippen molar-refractivity contribution in [1.29, 1.82) is 0 Å². The third kappa shape index (κ3) is 4.57. The maximum absolute atomic E-state index is 11.6. The molecule has 2 N–H and O–H groups in total. The first-order valence-corrected chi connectivity index (χ1v) is 6.10. The van der Waals surface area contributed by atoms with E-state index in [2.05, 4.69) is 23.6 Å². The van der Waals surface area contributed by atoms with E-state index in [0.29, 0.717) is 12.3 Å². The van der Waals surface area contributed by atoms with Crippen molar-refractivity contribution in [3.8, 4) is 0 Å². The highest BCUT2D eigenvalue weighted by molar-refractivity contribution is 5.90. The van der Waals surface area contributed by atoms with Gasteiger partial charge in [0, 0.05) is 18.2 Å². The van der Waals surface area contributed by atoms with Crippen LogP contribution in [0.2, 0.25) is 0 Å². The van der Waals surface area contributed by atoms with Gasteiger partial charge >= 0.3 is 0 Å². The maximum Gasteiger partial charge on any atom is 0.224 e. The molecule has 0 aliphatic rings. The summed E-state index contributed by atoms with van der Waals surface area (Å²) in [6.07, 6.45) is 0.561. The molecule has 0 radical (unpaired) electrons. The van der Waals surface area contributed by atoms with Crippen LogP contribution in [-0.4, -0.2) is 13.0 Å². The number of anilines is 1. The van der Waals surface area contributed by atoms with E-state index >= 15 is 0 Å². The Balaban J connectivity index is 2.69. The van der Waals surface area contributed by atoms with Gasteiger partial charge in [-0.1, -0.05) is 26.0 Å². The Hall–Kier alpha value is -1.35. The predicted molar refractivity (Wildman–Crippen MR) is 72.0 cm³/mol. The van der Waals surface area contributed by atoms with Gasteiger partial charge in [0.25, 0.3) is 0 Å². The molecule has 0 saturated heterocycles. The molecule has 3 nitrogen and oxygen atoms in total. The number of benzene rings is 1. The van der Waals surface area contributed by atoms with Crippen LogP contribution in [0.4, 0.5) is 5.69 Å². The van der Waals surface area contributed by atoms with Crippen molar-refractivity contribution < 1.29 is 4.79 Å². The van der Waals surface area contributed by atoms with Gasteiger partial charge in [0.1, 0.15) is 0 Å². The molecule has 1 atom stereocenters. The zero-order valence-electron chi connectivity index (χ0n) is 11.1. The van der Waals surface area contributed by atoms with E-state index in [1.165, 1.54) is 5.56 Å². The molecule has 94 valence electrons. The van der Waals surface area contributed by atoms with E-state index in [-0.39, 0.29) is 11.9 Å². The summed E-state index contributed by atoms with van der Waals surface area (Å²) in [5, 5.41) is 6.11. The molecule has 0 spiro atoms. The molecule has 1 rings (SSSR count). The Labute approximate surface area is 104 Å². The largest absolute Gasteiger partial charge is 0.326 e. The fourth-order valence-electron chi connectivity index (χ4n) is 1.64. The molecule has 1 aromatic rings. The molecule has 17 heavy (non-hydrogen) atoms. The molecule has 0 fully saturated rings. The lowest BCUT2D eigenvalue weighted by molar-refractivity contribution is -0.116. The number of amides is 1. The van der Waals surface area contributed by atoms with Gasteiger partial charge in [-0.2, -0.15) is 0 Å². The molecule has 0 aromatic heterocycles. The minimum atomic E-state index is 0.0780. The smallest absolute Gasteiger partial charge is 0.224 e. The van der Waals surface area contributed by atoms with E-state index in [9.17, 15) is 4.79 Å². The maximum atomic E-state index is 11.6. The van der Waals surface area contributed by atoms with Crippen LogP contribution in [0.3, 0.4) is 0 Å². The molecule has 0 saturated carbocycles. The van der Waals surface area contributed by atoms with Gasteiger partial charge in [0.05, 0.1) is 0 Å². The van der Waals surface area contributed by atoms with Crippen LogP contribution in [-0.2, 0) is 4.79 Å². The third-order valence-corrected chi connectivity index (χ3v) is 2.70. The summed E-state index contributed by atoms with van der Waals surface area (Å²) < 4.78 is 0. The molecule has 1 amide bonds. The first kappa shape index (κ1) is 13.7. The van der Waals surface area contributed by atoms with Crippen molar-refractivity contribution in [3.63, 3.8) is 0 Å². The van der Waals surface area contributed by atoms with Crippen molar-refractivity contribution in [1.82, 2.24) is 5.32 Å². The Morgan fingerprint density at radius 1 is 1.29 bits per heavy atom. The highest BCUT2D eigenvalue weighted by Crippen LogP contribution is 2.17. The van der Waals surface area contributed by atoms with Crippen LogP contribution in [0.25, 0.3) is 0 Å². The number of carbonyl (C=O) groups excluding carboxylic acids is 1. The molecule has 0 bridgehead atoms. The zero-order valence-corrected chi connectivity index (χ0v) is 11.1. The van der Waals surface area contributed by atoms with Crippen molar-refractivity contribution in [2.45, 2.75) is 33.2 Å². The summed E-state index contributed by atoms with van der Waals surface area (Å²) in [6, 6.07) is 8.24. The minimum Gasteiger partial charge on any atom is -0.326 e. The SMILES string of the molecule is CNC(C)c1cccc(NC(=O)CC(C)C)c1. The summed E-state index contributed by atoms with van der Waals surface area (Å²) in [5.74, 6) is 0.462. The van der Waals surface area contributed by atoms with Gasteiger partial charge in [-0.15, -0.1) is 0 Å². The summed E-state index contributed by atoms with van der Waals surface area (Å²) in [4.78, 5) is 11.6. The first-order valence-electron chi connectivity index (χ1n) is 6.10. The lowest BCUT2D eigenvalue weighted by Crippen LogP contribution is -2.15. The van der Waals surface area contributed by atoms with E-state index in [1.807, 2.05) is 39.1 Å². The fourth-order valence-corrected chi connectivity index (χ4v) is 1.64. The number of rotatable bonds is 5. The topological polar surface area (TPSA) is 41.1 Å². The second-order valence-electron chi connectivity index (χ2n) is 4.78. The van der Waals surface area contributed by atoms with Gasteiger partial charge in [-0.25, -0.2) is 0 Å². The monoisotopic (exact) mass is 234 g/mol. The fraction of sp³-hybridized carbons (Fsp3) is 0.500. The number of hydrogen-bond acceptors (Lipinski definition) is 2. The Kier molecular flexibility index (Phi) is 5.16. The number of carbonyl (C=O) groups is 1. The summed E-state index contributed by atoms with van der Waals surface area (Å²) in [5.41, 5.74) is 2.05. The molecular weight excluding hydrogens is 212 g/mol. The first-order chi connectivity index (χ1) is 8.02. The van der Waals surface area contributed by atoms with Crippen LogP contribution >= 0.6 is 0 Å². The molecule has 3 heteroatoms. The van der Waals surface area contributed by atoms with Crippen LogP contribution < -0.4 is 10.6 Å². The van der Waals surface area contributed by atoms with E-state index in [0.717, 1.165) is 5.69 Å². The van der Waals surface area contributed by atoms with Crippen LogP contribution in [0.15, 0.2) is 24.3 Å². The predicted octanol–water partition coefficient (Wildman–Crippen LogP) is 2.95. The Bertz CT molecular complexity index is 374. The minimum absolute atomic E-state index is 0.0780. The average Bonchev–Trinajstić information content (AvgIpc) is 2.27. The highest BCUT2D eigenvalue weighted by Gasteiger charge is 2.07. The molecule has 0 heterocycles. The molecule has 0 aliphatic carbocycles. The lowest BCUT2D eigenvalue weighted by Gasteiger charge is -2.13. The highest BCUT2D eigenvalue weighted by atomic mass is 16.1. The summed E-state index contributed by atoms with van der Waals surface area (Å²) >= 11 is 0. The van der Waals surface area contributed by atoms with Gasteiger partial charge in [0.15, 0.2) is 0 Å². The summed E-state index contributed by atoms with van der Waals surface area (Å²) in [6.45, 7) is 6.17. The molecule has 0 aliphatic heterocycles. The van der Waals surface area contributed by atoms with Gasteiger partial charge in [0.2, 0.25) is 5.91 Å². The molecular formula is C14H22N2O. The van der Waals surface area contributed by atoms with Crippen molar-refractivity contribution in [2.75, 3.05) is 12.4 Å². The standard InChI is InChI=1S/C14H22N2O/c1-10(2)8-14(17)16-13-7-5-6-12(9-13)11(3)15-4/h5-7,9-11,15H,8H2,1-4H3,(H,16,17). The molecule has 1 aromatic carbocycles. The van der Waals surface area contributed by atoms with Gasteiger partial charge in [-0.3, -0.25) is 4.79 Å². The second-order valence-corrected chi connectivity index (χ2v) is 4.78. The van der Waals surface area contributed by atoms with Crippen LogP contribution in [0, 0.1) is 5.92 Å². The molecule has 1 unspecified atom stereocenters. The van der Waals surface area contributed by atoms with E-state index in [1.54, 1.807) is 0 Å². The second kappa shape index (κ2) is 6.40. The zero-order chi connectivity index (χ0) is 12.8. The number of hydrogen-bond donors (Lipinski definition) is 2. The van der Waals surface area contributed by atoms with Crippen molar-refractivity contribution in [2.24, 2.45) is 5.92 Å². The van der Waals surface area contributed by atoms with Crippen LogP contribution in [0.1, 0.15) is 38.8 Å². The number of nitrogens with one attached hydrogen (secondary N) is 2. The van der Waals surface area contributed by atoms with Gasteiger partial charge < -0.3 is 10.6 Å². The normalized spacial score (nSPS) is 12.5. The van der Waals surface area contributed by atoms with E-state index < -0.39 is 0 Å². The Morgan fingerprint density at radius 3 is 2.59 bits per heavy atom.